The van der Waals surface area contributed by atoms with Crippen LogP contribution in [0.25, 0.3) is 21.9 Å². The molecule has 0 spiro atoms. The van der Waals surface area contributed by atoms with Crippen LogP contribution in [-0.2, 0) is 0 Å². The summed E-state index contributed by atoms with van der Waals surface area (Å²) in [6.45, 7) is 2.05. The molecule has 0 aliphatic rings. The maximum atomic E-state index is 4.45. The molecule has 80 valence electrons. The number of aryl methyl sites for hydroxylation is 1. The van der Waals surface area contributed by atoms with E-state index >= 15 is 0 Å². The third-order valence-electron chi connectivity index (χ3n) is 2.63. The molecular formula is C11H9BrN3P. The van der Waals surface area contributed by atoms with Crippen LogP contribution in [0.3, 0.4) is 0 Å². The molecule has 3 aromatic heterocycles. The molecule has 0 aliphatic carbocycles. The smallest absolute Gasteiger partial charge is 0.143 e. The van der Waals surface area contributed by atoms with Gasteiger partial charge in [-0.1, -0.05) is 0 Å². The first kappa shape index (κ1) is 10.2. The number of aromatic nitrogens is 3. The zero-order valence-corrected chi connectivity index (χ0v) is 11.3. The molecule has 3 nitrogen and oxygen atoms in total. The molecule has 5 heteroatoms. The molecule has 1 unspecified atom stereocenters. The third kappa shape index (κ3) is 1.37. The predicted octanol–water partition coefficient (Wildman–Crippen LogP) is 3.29. The monoisotopic (exact) mass is 293 g/mol. The van der Waals surface area contributed by atoms with Crippen LogP contribution in [0.1, 0.15) is 5.56 Å². The summed E-state index contributed by atoms with van der Waals surface area (Å²) >= 11 is 3.40. The Balaban J connectivity index is 2.60. The lowest BCUT2D eigenvalue weighted by Gasteiger charge is -1.95. The molecule has 0 aromatic carbocycles. The van der Waals surface area contributed by atoms with Crippen LogP contribution >= 0.6 is 25.3 Å². The Labute approximate surface area is 103 Å². The Bertz CT molecular complexity index is 646. The van der Waals surface area contributed by atoms with E-state index < -0.39 is 0 Å². The van der Waals surface area contributed by atoms with Crippen LogP contribution in [-0.4, -0.2) is 14.3 Å². The molecule has 1 atom stereocenters. The van der Waals surface area contributed by atoms with Gasteiger partial charge in [-0.05, 0) is 49.9 Å². The molecule has 3 aromatic rings. The lowest BCUT2D eigenvalue weighted by molar-refractivity contribution is 1.24. The quantitative estimate of drug-likeness (QED) is 0.470. The van der Waals surface area contributed by atoms with E-state index in [0.717, 1.165) is 26.7 Å². The van der Waals surface area contributed by atoms with E-state index in [1.54, 1.807) is 0 Å². The van der Waals surface area contributed by atoms with Gasteiger partial charge in [-0.25, -0.2) is 9.97 Å². The van der Waals surface area contributed by atoms with Gasteiger partial charge in [-0.2, -0.15) is 0 Å². The summed E-state index contributed by atoms with van der Waals surface area (Å²) in [6.07, 6.45) is 3.73. The van der Waals surface area contributed by atoms with Crippen molar-refractivity contribution in [2.75, 3.05) is 0 Å². The Morgan fingerprint density at radius 2 is 2.00 bits per heavy atom. The van der Waals surface area contributed by atoms with Gasteiger partial charge in [0, 0.05) is 17.0 Å². The maximum absolute atomic E-state index is 4.45. The summed E-state index contributed by atoms with van der Waals surface area (Å²) in [5.41, 5.74) is 3.20. The predicted molar refractivity (Wildman–Crippen MR) is 72.6 cm³/mol. The molecular weight excluding hydrogens is 285 g/mol. The third-order valence-corrected chi connectivity index (χ3v) is 3.59. The largest absolute Gasteiger partial charge is 0.308 e. The zero-order valence-electron chi connectivity index (χ0n) is 8.61. The highest BCUT2D eigenvalue weighted by Crippen LogP contribution is 2.30. The molecule has 3 heterocycles. The molecule has 16 heavy (non-hydrogen) atoms. The summed E-state index contributed by atoms with van der Waals surface area (Å²) in [4.78, 5) is 8.69. The summed E-state index contributed by atoms with van der Waals surface area (Å²) < 4.78 is 2.84. The van der Waals surface area contributed by atoms with Crippen molar-refractivity contribution < 1.29 is 0 Å². The van der Waals surface area contributed by atoms with E-state index in [-0.39, 0.29) is 0 Å². The fourth-order valence-electron chi connectivity index (χ4n) is 1.90. The number of rotatable bonds is 0. The van der Waals surface area contributed by atoms with Gasteiger partial charge in [-0.3, -0.25) is 0 Å². The van der Waals surface area contributed by atoms with Crippen molar-refractivity contribution in [2.24, 2.45) is 0 Å². The highest BCUT2D eigenvalue weighted by molar-refractivity contribution is 9.10. The number of fused-ring (bicyclic) bond motifs is 3. The van der Waals surface area contributed by atoms with Gasteiger partial charge in [0.05, 0.1) is 11.7 Å². The normalized spacial score (nSPS) is 11.4. The van der Waals surface area contributed by atoms with E-state index in [9.17, 15) is 0 Å². The van der Waals surface area contributed by atoms with Crippen molar-refractivity contribution in [3.05, 3.63) is 34.7 Å². The van der Waals surface area contributed by atoms with Gasteiger partial charge in [0.25, 0.3) is 0 Å². The Kier molecular flexibility index (Phi) is 2.23. The van der Waals surface area contributed by atoms with Gasteiger partial charge in [0.2, 0.25) is 0 Å². The van der Waals surface area contributed by atoms with E-state index in [4.69, 9.17) is 0 Å². The van der Waals surface area contributed by atoms with Crippen molar-refractivity contribution in [3.8, 4) is 0 Å². The molecule has 0 saturated carbocycles. The molecule has 0 aliphatic heterocycles. The Morgan fingerprint density at radius 3 is 2.81 bits per heavy atom. The van der Waals surface area contributed by atoms with Crippen LogP contribution in [0.2, 0.25) is 0 Å². The van der Waals surface area contributed by atoms with Crippen LogP contribution in [0.15, 0.2) is 29.1 Å². The highest BCUT2D eigenvalue weighted by atomic mass is 79.9. The minimum atomic E-state index is 0.846. The summed E-state index contributed by atoms with van der Waals surface area (Å²) in [7, 11) is 2.68. The van der Waals surface area contributed by atoms with Gasteiger partial charge < -0.3 is 4.34 Å². The molecule has 0 radical (unpaired) electrons. The summed E-state index contributed by atoms with van der Waals surface area (Å²) in [6, 6.07) is 4.18. The van der Waals surface area contributed by atoms with Crippen LogP contribution in [0, 0.1) is 6.92 Å². The van der Waals surface area contributed by atoms with Gasteiger partial charge in [0.15, 0.2) is 0 Å². The van der Waals surface area contributed by atoms with Gasteiger partial charge in [0.1, 0.15) is 10.3 Å². The van der Waals surface area contributed by atoms with E-state index in [1.165, 1.54) is 5.39 Å². The number of hydrogen-bond acceptors (Lipinski definition) is 2. The SMILES string of the molecule is Cc1cnc2c(c1)c1cc(Br)ncc1n2P. The van der Waals surface area contributed by atoms with E-state index in [2.05, 4.69) is 48.3 Å². The lowest BCUT2D eigenvalue weighted by Crippen LogP contribution is -1.83. The molecule has 0 bridgehead atoms. The van der Waals surface area contributed by atoms with Crippen molar-refractivity contribution in [3.63, 3.8) is 0 Å². The topological polar surface area (TPSA) is 30.7 Å². The average Bonchev–Trinajstić information content (AvgIpc) is 2.52. The molecule has 0 fully saturated rings. The first-order valence-corrected chi connectivity index (χ1v) is 6.15. The van der Waals surface area contributed by atoms with Crippen molar-refractivity contribution in [1.82, 2.24) is 14.3 Å². The van der Waals surface area contributed by atoms with Gasteiger partial charge in [-0.15, -0.1) is 0 Å². The van der Waals surface area contributed by atoms with E-state index in [1.807, 2.05) is 22.8 Å². The number of hydrogen-bond donors (Lipinski definition) is 0. The highest BCUT2D eigenvalue weighted by Gasteiger charge is 2.09. The maximum Gasteiger partial charge on any atom is 0.143 e. The molecule has 0 saturated heterocycles. The Morgan fingerprint density at radius 1 is 1.19 bits per heavy atom. The van der Waals surface area contributed by atoms with Crippen molar-refractivity contribution in [1.29, 1.82) is 0 Å². The second kappa shape index (κ2) is 3.51. The van der Waals surface area contributed by atoms with E-state index in [0.29, 0.717) is 0 Å². The fraction of sp³-hybridized carbons (Fsp3) is 0.0909. The van der Waals surface area contributed by atoms with Crippen LogP contribution in [0.4, 0.5) is 0 Å². The Hall–Kier alpha value is -0.990. The fourth-order valence-corrected chi connectivity index (χ4v) is 2.64. The summed E-state index contributed by atoms with van der Waals surface area (Å²) in [5.74, 6) is 0. The van der Waals surface area contributed by atoms with Crippen LogP contribution < -0.4 is 0 Å². The standard InChI is InChI=1S/C11H9BrN3P/c1-6-2-8-7-3-10(12)13-5-9(7)15(16)11(8)14-4-6/h2-5H,16H2,1H3. The first-order valence-electron chi connectivity index (χ1n) is 4.84. The zero-order chi connectivity index (χ0) is 11.3. The van der Waals surface area contributed by atoms with Crippen molar-refractivity contribution in [2.45, 2.75) is 6.92 Å². The molecule has 0 amide bonds. The second-order valence-electron chi connectivity index (χ2n) is 3.78. The lowest BCUT2D eigenvalue weighted by atomic mass is 10.2. The second-order valence-corrected chi connectivity index (χ2v) is 5.11. The number of pyridine rings is 2. The average molecular weight is 294 g/mol. The van der Waals surface area contributed by atoms with Crippen molar-refractivity contribution >= 4 is 47.3 Å². The molecule has 3 rings (SSSR count). The van der Waals surface area contributed by atoms with Crippen LogP contribution in [0.5, 0.6) is 0 Å². The van der Waals surface area contributed by atoms with Gasteiger partial charge >= 0.3 is 0 Å². The minimum absolute atomic E-state index is 0.846. The molecule has 0 N–H and O–H groups in total. The number of nitrogens with zero attached hydrogens (tertiary/aromatic N) is 3. The summed E-state index contributed by atoms with van der Waals surface area (Å²) in [5, 5.41) is 2.33. The first-order chi connectivity index (χ1) is 7.66. The minimum Gasteiger partial charge on any atom is -0.308 e. The number of halogens is 1.